The zero-order valence-electron chi connectivity index (χ0n) is 80.7. The number of fused-ring (bicyclic) bond motifs is 30. The van der Waals surface area contributed by atoms with E-state index in [9.17, 15) is 0 Å². The van der Waals surface area contributed by atoms with Crippen LogP contribution in [0.1, 0.15) is 25.0 Å². The molecule has 14 heteroatoms. The number of para-hydroxylation sites is 10. The number of thiophene rings is 1. The van der Waals surface area contributed by atoms with Crippen LogP contribution in [-0.2, 0) is 5.41 Å². The summed E-state index contributed by atoms with van der Waals surface area (Å²) in [4.78, 5) is 32.7. The van der Waals surface area contributed by atoms with Gasteiger partial charge in [-0.2, -0.15) is 0 Å². The molecule has 1 aliphatic carbocycles. The Bertz CT molecular complexity index is 10900. The Kier molecular flexibility index (Phi) is 18.5. The molecule has 0 amide bonds. The van der Waals surface area contributed by atoms with Crippen LogP contribution in [0, 0.1) is 0 Å². The van der Waals surface area contributed by atoms with Gasteiger partial charge in [0.2, 0.25) is 17.8 Å². The van der Waals surface area contributed by atoms with E-state index in [1.165, 1.54) is 129 Å². The number of rotatable bonds is 9. The highest BCUT2D eigenvalue weighted by Crippen LogP contribution is 2.54. The highest BCUT2D eigenvalue weighted by atomic mass is 32.1. The van der Waals surface area contributed by atoms with E-state index in [0.29, 0.717) is 23.4 Å². The fraction of sp³-hybridized carbons (Fsp3) is 0.0222. The largest absolute Gasteiger partial charge is 0.452 e. The highest BCUT2D eigenvalue weighted by Gasteiger charge is 2.41. The van der Waals surface area contributed by atoms with Gasteiger partial charge < -0.3 is 18.1 Å². The third kappa shape index (κ3) is 12.9. The van der Waals surface area contributed by atoms with Crippen LogP contribution in [0.4, 0.5) is 0 Å². The molecule has 11 aromatic heterocycles. The highest BCUT2D eigenvalue weighted by molar-refractivity contribution is 7.26. The van der Waals surface area contributed by atoms with Crippen molar-refractivity contribution in [1.29, 1.82) is 0 Å². The summed E-state index contributed by atoms with van der Waals surface area (Å²) in [5, 5.41) is 23.8. The zero-order chi connectivity index (χ0) is 98.0. The summed E-state index contributed by atoms with van der Waals surface area (Å²) >= 11 is 1.77. The second-order valence-corrected chi connectivity index (χ2v) is 40.6. The van der Waals surface area contributed by atoms with Crippen LogP contribution in [0.3, 0.4) is 0 Å². The lowest BCUT2D eigenvalue weighted by molar-refractivity contribution is 0.657. The minimum absolute atomic E-state index is 0.294. The topological polar surface area (TPSA) is 120 Å². The first-order valence-electron chi connectivity index (χ1n) is 50.6. The van der Waals surface area contributed by atoms with Gasteiger partial charge in [-0.25, -0.2) is 29.9 Å². The molecular formula is C135H84N12OS. The van der Waals surface area contributed by atoms with Crippen molar-refractivity contribution in [2.24, 2.45) is 0 Å². The lowest BCUT2D eigenvalue weighted by atomic mass is 9.81. The number of benzene rings is 21. The van der Waals surface area contributed by atoms with Gasteiger partial charge >= 0.3 is 0 Å². The van der Waals surface area contributed by atoms with Crippen molar-refractivity contribution in [3.8, 4) is 79.9 Å². The number of furan rings is 1. The summed E-state index contributed by atoms with van der Waals surface area (Å²) in [5.74, 6) is 1.97. The predicted molar refractivity (Wildman–Crippen MR) is 619 cm³/mol. The van der Waals surface area contributed by atoms with Crippen molar-refractivity contribution < 1.29 is 4.42 Å². The minimum atomic E-state index is -0.294. The zero-order valence-corrected chi connectivity index (χ0v) is 81.5. The second kappa shape index (κ2) is 32.7. The molecule has 149 heavy (non-hydrogen) atoms. The van der Waals surface area contributed by atoms with Crippen LogP contribution < -0.4 is 0 Å². The molecule has 1 aliphatic rings. The number of aromatic nitrogens is 12. The number of nitrogens with zero attached hydrogens (tertiary/aromatic N) is 12. The third-order valence-corrected chi connectivity index (χ3v) is 32.1. The van der Waals surface area contributed by atoms with Crippen molar-refractivity contribution in [1.82, 2.24) is 57.3 Å². The summed E-state index contributed by atoms with van der Waals surface area (Å²) in [6.07, 6.45) is 0. The third-order valence-electron chi connectivity index (χ3n) is 30.9. The SMILES string of the molecule is CC1(C)c2ccccc2-c2nc(-n3c4ccccc4c4cc5ccccc5cc43)nc(-c3ccc4c5ccccc5n(-c5ccccc5)c4c3)c21.c1ccc(-n2c3ccccc3c3ccc(-c4nc(-n5c6ccccc6c6cc7ccccc7cc65)nc5c4oc4ccccc45)cc32)cc1.c1ccc(-n2c3ccccc3c3ccc(-c4nc(-n5c6ccccc6c6cc7ccccc7cc65)nc5c4sc4ccccc45)cc32)cc1. The van der Waals surface area contributed by atoms with E-state index < -0.39 is 0 Å². The maximum absolute atomic E-state index is 6.59. The monoisotopic (exact) mass is 1920 g/mol. The van der Waals surface area contributed by atoms with Crippen molar-refractivity contribution >= 4 is 217 Å². The summed E-state index contributed by atoms with van der Waals surface area (Å²) in [6, 6.07) is 169. The molecule has 13 nitrogen and oxygen atoms in total. The van der Waals surface area contributed by atoms with Crippen LogP contribution >= 0.6 is 11.3 Å². The number of hydrogen-bond acceptors (Lipinski definition) is 8. The summed E-state index contributed by atoms with van der Waals surface area (Å²) < 4.78 is 22.7. The lowest BCUT2D eigenvalue weighted by Crippen LogP contribution is -2.18. The Morgan fingerprint density at radius 2 is 0.517 bits per heavy atom. The van der Waals surface area contributed by atoms with Crippen LogP contribution in [0.25, 0.3) is 285 Å². The van der Waals surface area contributed by atoms with Crippen molar-refractivity contribution in [2.45, 2.75) is 19.3 Å². The van der Waals surface area contributed by atoms with E-state index in [1.807, 2.05) is 18.2 Å². The van der Waals surface area contributed by atoms with E-state index in [-0.39, 0.29) is 5.41 Å². The van der Waals surface area contributed by atoms with Crippen LogP contribution in [0.5, 0.6) is 0 Å². The first-order chi connectivity index (χ1) is 73.7. The second-order valence-electron chi connectivity index (χ2n) is 39.5. The first kappa shape index (κ1) is 84.0. The molecule has 0 radical (unpaired) electrons. The van der Waals surface area contributed by atoms with Gasteiger partial charge in [0.1, 0.15) is 16.8 Å². The molecule has 21 aromatic carbocycles. The molecule has 0 saturated carbocycles. The van der Waals surface area contributed by atoms with E-state index in [4.69, 9.17) is 34.3 Å². The average molecular weight is 1920 g/mol. The molecule has 33 rings (SSSR count). The Labute approximate surface area is 855 Å². The molecule has 0 atom stereocenters. The maximum Gasteiger partial charge on any atom is 0.236 e. The van der Waals surface area contributed by atoms with Crippen LogP contribution in [-0.4, -0.2) is 57.3 Å². The molecule has 0 bridgehead atoms. The van der Waals surface area contributed by atoms with E-state index in [2.05, 4.69) is 496 Å². The molecule has 0 saturated heterocycles. The minimum Gasteiger partial charge on any atom is -0.452 e. The summed E-state index contributed by atoms with van der Waals surface area (Å²) in [6.45, 7) is 4.63. The van der Waals surface area contributed by atoms with Crippen LogP contribution in [0.2, 0.25) is 0 Å². The van der Waals surface area contributed by atoms with Gasteiger partial charge in [-0.15, -0.1) is 11.3 Å². The lowest BCUT2D eigenvalue weighted by Gasteiger charge is -2.24. The van der Waals surface area contributed by atoms with Crippen LogP contribution in [0.15, 0.2) is 478 Å². The fourth-order valence-corrected chi connectivity index (χ4v) is 25.3. The smallest absolute Gasteiger partial charge is 0.236 e. The van der Waals surface area contributed by atoms with Gasteiger partial charge in [0.15, 0.2) is 5.58 Å². The first-order valence-corrected chi connectivity index (χ1v) is 51.4. The van der Waals surface area contributed by atoms with Gasteiger partial charge in [0.05, 0.1) is 93.5 Å². The molecule has 0 spiro atoms. The fourth-order valence-electron chi connectivity index (χ4n) is 24.2. The Morgan fingerprint density at radius 1 is 0.215 bits per heavy atom. The van der Waals surface area contributed by atoms with Gasteiger partial charge in [-0.3, -0.25) is 13.7 Å². The van der Waals surface area contributed by atoms with Gasteiger partial charge in [-0.1, -0.05) is 341 Å². The molecule has 0 N–H and O–H groups in total. The van der Waals surface area contributed by atoms with Gasteiger partial charge in [-0.05, 0) is 183 Å². The molecule has 0 unspecified atom stereocenters. The van der Waals surface area contributed by atoms with Crippen molar-refractivity contribution in [3.63, 3.8) is 0 Å². The quantitative estimate of drug-likeness (QED) is 0.141. The Morgan fingerprint density at radius 3 is 0.960 bits per heavy atom. The van der Waals surface area contributed by atoms with Crippen molar-refractivity contribution in [2.75, 3.05) is 0 Å². The average Bonchev–Trinajstić information content (AvgIpc) is 1.53. The van der Waals surface area contributed by atoms with Crippen molar-refractivity contribution in [3.05, 3.63) is 484 Å². The molecular weight excluding hydrogens is 1840 g/mol. The van der Waals surface area contributed by atoms with Gasteiger partial charge in [0, 0.05) is 130 Å². The normalized spacial score (nSPS) is 12.6. The molecule has 0 aliphatic heterocycles. The molecule has 696 valence electrons. The predicted octanol–water partition coefficient (Wildman–Crippen LogP) is 35.0. The standard InChI is InChI=1S/C47H32N4.C44H26N4O.C44H26N4S/c1-47(2)38-21-11-8-20-36(38)45-43(47)44(31-24-25-35-33-18-9-12-22-39(33)50(41(35)28-31)32-16-4-3-5-17-32)48-46(49-45)51-40-23-13-10-19-34(40)37-26-29-14-6-7-15-30(29)27-42(37)51;2*1-2-14-30(15-3-1)47-36-19-9-6-16-31(36)33-23-22-29(26-38(33)47)41-43-42(34-18-8-11-21-40(34)49-43)46-44(45-41)48-37-20-10-7-17-32(37)35-24-27-12-4-5-13-28(27)25-39(35)48/h3-28H,1-2H3;2*1-26H. The van der Waals surface area contributed by atoms with E-state index in [1.54, 1.807) is 11.3 Å². The molecule has 0 fully saturated rings. The molecule has 11 heterocycles. The summed E-state index contributed by atoms with van der Waals surface area (Å²) in [7, 11) is 0. The van der Waals surface area contributed by atoms with Gasteiger partial charge in [0.25, 0.3) is 0 Å². The van der Waals surface area contributed by atoms with E-state index in [0.717, 1.165) is 144 Å². The summed E-state index contributed by atoms with van der Waals surface area (Å²) in [5.41, 5.74) is 30.2. The Hall–Kier alpha value is -19.5. The molecule has 32 aromatic rings. The van der Waals surface area contributed by atoms with E-state index >= 15 is 0 Å². The Balaban J connectivity index is 0.000000101. The maximum atomic E-state index is 6.59. The number of hydrogen-bond donors (Lipinski definition) is 0.